The first-order valence-electron chi connectivity index (χ1n) is 7.50. The SMILES string of the molecule is Cc1cc(CC(=O)Nc2c(C)cnn2Cc2cccc(F)c2)on1. The van der Waals surface area contributed by atoms with Gasteiger partial charge in [-0.25, -0.2) is 9.07 Å². The number of aromatic nitrogens is 3. The standard InChI is InChI=1S/C17H17FN4O2/c1-11-9-19-22(10-13-4-3-5-14(18)7-13)17(11)20-16(23)8-15-6-12(2)21-24-15/h3-7,9H,8,10H2,1-2H3,(H,20,23). The topological polar surface area (TPSA) is 73.0 Å². The van der Waals surface area contributed by atoms with Crippen LogP contribution < -0.4 is 5.32 Å². The number of carbonyl (C=O) groups is 1. The average molecular weight is 328 g/mol. The maximum Gasteiger partial charge on any atom is 0.233 e. The summed E-state index contributed by atoms with van der Waals surface area (Å²) in [6.45, 7) is 4.01. The van der Waals surface area contributed by atoms with E-state index in [0.29, 0.717) is 18.1 Å². The highest BCUT2D eigenvalue weighted by Crippen LogP contribution is 2.17. The largest absolute Gasteiger partial charge is 0.361 e. The molecule has 6 nitrogen and oxygen atoms in total. The van der Waals surface area contributed by atoms with Crippen molar-refractivity contribution < 1.29 is 13.7 Å². The third kappa shape index (κ3) is 3.68. The predicted molar refractivity (Wildman–Crippen MR) is 86.0 cm³/mol. The molecule has 1 aromatic carbocycles. The summed E-state index contributed by atoms with van der Waals surface area (Å²) in [5, 5.41) is 10.8. The molecule has 1 N–H and O–H groups in total. The van der Waals surface area contributed by atoms with Crippen LogP contribution in [0.4, 0.5) is 10.2 Å². The smallest absolute Gasteiger partial charge is 0.233 e. The molecule has 0 atom stereocenters. The monoisotopic (exact) mass is 328 g/mol. The van der Waals surface area contributed by atoms with Crippen molar-refractivity contribution in [2.24, 2.45) is 0 Å². The van der Waals surface area contributed by atoms with Crippen molar-refractivity contribution in [2.45, 2.75) is 26.8 Å². The second-order valence-corrected chi connectivity index (χ2v) is 5.62. The van der Waals surface area contributed by atoms with Crippen LogP contribution in [-0.4, -0.2) is 20.8 Å². The number of nitrogens with zero attached hydrogens (tertiary/aromatic N) is 3. The lowest BCUT2D eigenvalue weighted by Gasteiger charge is -2.10. The molecule has 0 saturated carbocycles. The number of amides is 1. The van der Waals surface area contributed by atoms with Gasteiger partial charge in [0.25, 0.3) is 0 Å². The fourth-order valence-corrected chi connectivity index (χ4v) is 2.40. The molecule has 7 heteroatoms. The van der Waals surface area contributed by atoms with Gasteiger partial charge in [-0.1, -0.05) is 17.3 Å². The van der Waals surface area contributed by atoms with Crippen molar-refractivity contribution in [1.82, 2.24) is 14.9 Å². The third-order valence-corrected chi connectivity index (χ3v) is 3.51. The highest BCUT2D eigenvalue weighted by Gasteiger charge is 2.14. The van der Waals surface area contributed by atoms with Gasteiger partial charge in [-0.2, -0.15) is 5.10 Å². The molecule has 124 valence electrons. The minimum Gasteiger partial charge on any atom is -0.361 e. The lowest BCUT2D eigenvalue weighted by molar-refractivity contribution is -0.115. The summed E-state index contributed by atoms with van der Waals surface area (Å²) in [6, 6.07) is 8.00. The molecular weight excluding hydrogens is 311 g/mol. The molecule has 1 amide bonds. The molecule has 0 bridgehead atoms. The zero-order valence-electron chi connectivity index (χ0n) is 13.4. The Labute approximate surface area is 138 Å². The van der Waals surface area contributed by atoms with E-state index in [2.05, 4.69) is 15.6 Å². The normalized spacial score (nSPS) is 10.8. The molecule has 2 aromatic heterocycles. The summed E-state index contributed by atoms with van der Waals surface area (Å²) in [5.74, 6) is 0.553. The summed E-state index contributed by atoms with van der Waals surface area (Å²) >= 11 is 0. The Morgan fingerprint density at radius 2 is 2.17 bits per heavy atom. The first-order chi connectivity index (χ1) is 11.5. The van der Waals surface area contributed by atoms with Gasteiger partial charge in [-0.15, -0.1) is 0 Å². The first-order valence-corrected chi connectivity index (χ1v) is 7.50. The van der Waals surface area contributed by atoms with Crippen molar-refractivity contribution >= 4 is 11.7 Å². The molecule has 0 aliphatic carbocycles. The Bertz CT molecular complexity index is 869. The number of nitrogens with one attached hydrogen (secondary N) is 1. The minimum absolute atomic E-state index is 0.0887. The number of carbonyl (C=O) groups excluding carboxylic acids is 1. The molecule has 0 spiro atoms. The van der Waals surface area contributed by atoms with Gasteiger partial charge in [-0.3, -0.25) is 4.79 Å². The molecule has 0 aliphatic rings. The number of hydrogen-bond donors (Lipinski definition) is 1. The summed E-state index contributed by atoms with van der Waals surface area (Å²) in [7, 11) is 0. The minimum atomic E-state index is -0.303. The summed E-state index contributed by atoms with van der Waals surface area (Å²) < 4.78 is 20.0. The lowest BCUT2D eigenvalue weighted by atomic mass is 10.2. The summed E-state index contributed by atoms with van der Waals surface area (Å²) in [5.41, 5.74) is 2.32. The number of aryl methyl sites for hydroxylation is 2. The highest BCUT2D eigenvalue weighted by molar-refractivity contribution is 5.91. The van der Waals surface area contributed by atoms with Crippen LogP contribution in [0.25, 0.3) is 0 Å². The number of halogens is 1. The van der Waals surface area contributed by atoms with Crippen LogP contribution in [0.2, 0.25) is 0 Å². The van der Waals surface area contributed by atoms with Gasteiger partial charge in [0.15, 0.2) is 0 Å². The van der Waals surface area contributed by atoms with E-state index in [0.717, 1.165) is 16.8 Å². The van der Waals surface area contributed by atoms with Gasteiger partial charge in [0, 0.05) is 11.6 Å². The molecule has 0 fully saturated rings. The average Bonchev–Trinajstić information content (AvgIpc) is 3.07. The molecule has 3 rings (SSSR count). The molecule has 3 aromatic rings. The number of benzene rings is 1. The number of rotatable bonds is 5. The van der Waals surface area contributed by atoms with Crippen molar-refractivity contribution in [1.29, 1.82) is 0 Å². The summed E-state index contributed by atoms with van der Waals surface area (Å²) in [6.07, 6.45) is 1.75. The van der Waals surface area contributed by atoms with Gasteiger partial charge in [-0.05, 0) is 31.5 Å². The Kier molecular flexibility index (Phi) is 4.41. The summed E-state index contributed by atoms with van der Waals surface area (Å²) in [4.78, 5) is 12.2. The maximum atomic E-state index is 13.3. The highest BCUT2D eigenvalue weighted by atomic mass is 19.1. The van der Waals surface area contributed by atoms with Crippen LogP contribution in [0.1, 0.15) is 22.6 Å². The van der Waals surface area contributed by atoms with Gasteiger partial charge < -0.3 is 9.84 Å². The van der Waals surface area contributed by atoms with Crippen molar-refractivity contribution in [3.8, 4) is 0 Å². The second kappa shape index (κ2) is 6.66. The Balaban J connectivity index is 1.73. The Morgan fingerprint density at radius 3 is 2.88 bits per heavy atom. The van der Waals surface area contributed by atoms with Crippen LogP contribution in [-0.2, 0) is 17.8 Å². The lowest BCUT2D eigenvalue weighted by Crippen LogP contribution is -2.18. The third-order valence-electron chi connectivity index (χ3n) is 3.51. The molecule has 24 heavy (non-hydrogen) atoms. The maximum absolute atomic E-state index is 13.3. The second-order valence-electron chi connectivity index (χ2n) is 5.62. The van der Waals surface area contributed by atoms with Gasteiger partial charge >= 0.3 is 0 Å². The Hall–Kier alpha value is -2.96. The zero-order chi connectivity index (χ0) is 17.1. The molecule has 0 unspecified atom stereocenters. The van der Waals surface area contributed by atoms with E-state index < -0.39 is 0 Å². The van der Waals surface area contributed by atoms with E-state index in [1.807, 2.05) is 13.0 Å². The molecule has 0 aliphatic heterocycles. The van der Waals surface area contributed by atoms with Crippen LogP contribution >= 0.6 is 0 Å². The zero-order valence-corrected chi connectivity index (χ0v) is 13.4. The van der Waals surface area contributed by atoms with Gasteiger partial charge in [0.05, 0.1) is 24.9 Å². The predicted octanol–water partition coefficient (Wildman–Crippen LogP) is 2.86. The molecular formula is C17H17FN4O2. The Morgan fingerprint density at radius 1 is 1.33 bits per heavy atom. The van der Waals surface area contributed by atoms with Crippen LogP contribution in [0.5, 0.6) is 0 Å². The fraction of sp³-hybridized carbons (Fsp3) is 0.235. The van der Waals surface area contributed by atoms with Crippen LogP contribution in [0.3, 0.4) is 0 Å². The fourth-order valence-electron chi connectivity index (χ4n) is 2.40. The number of anilines is 1. The van der Waals surface area contributed by atoms with Gasteiger partial charge in [0.2, 0.25) is 5.91 Å². The van der Waals surface area contributed by atoms with Crippen LogP contribution in [0.15, 0.2) is 41.1 Å². The van der Waals surface area contributed by atoms with E-state index in [9.17, 15) is 9.18 Å². The quantitative estimate of drug-likeness (QED) is 0.781. The van der Waals surface area contributed by atoms with E-state index >= 15 is 0 Å². The van der Waals surface area contributed by atoms with Crippen LogP contribution in [0, 0.1) is 19.7 Å². The van der Waals surface area contributed by atoms with Crippen molar-refractivity contribution in [2.75, 3.05) is 5.32 Å². The molecule has 0 radical (unpaired) electrons. The number of hydrogen-bond acceptors (Lipinski definition) is 4. The van der Waals surface area contributed by atoms with E-state index in [1.165, 1.54) is 12.1 Å². The molecule has 0 saturated heterocycles. The van der Waals surface area contributed by atoms with E-state index in [1.54, 1.807) is 29.9 Å². The van der Waals surface area contributed by atoms with Crippen molar-refractivity contribution in [3.05, 3.63) is 64.9 Å². The van der Waals surface area contributed by atoms with Gasteiger partial charge in [0.1, 0.15) is 17.4 Å². The van der Waals surface area contributed by atoms with E-state index in [4.69, 9.17) is 4.52 Å². The first kappa shape index (κ1) is 15.9. The van der Waals surface area contributed by atoms with E-state index in [-0.39, 0.29) is 18.1 Å². The van der Waals surface area contributed by atoms with Crippen molar-refractivity contribution in [3.63, 3.8) is 0 Å². The molecule has 2 heterocycles.